The van der Waals surface area contributed by atoms with Gasteiger partial charge in [0, 0.05) is 25.0 Å². The molecule has 1 amide bonds. The van der Waals surface area contributed by atoms with Crippen molar-refractivity contribution in [3.8, 4) is 0 Å². The van der Waals surface area contributed by atoms with Gasteiger partial charge in [-0.2, -0.15) is 0 Å². The van der Waals surface area contributed by atoms with Crippen LogP contribution in [0, 0.1) is 5.92 Å². The number of carboxylic acid groups (broad SMARTS) is 1. The van der Waals surface area contributed by atoms with E-state index < -0.39 is 11.9 Å². The van der Waals surface area contributed by atoms with E-state index in [1.807, 2.05) is 0 Å². The van der Waals surface area contributed by atoms with Crippen LogP contribution in [-0.2, 0) is 9.59 Å². The van der Waals surface area contributed by atoms with Crippen LogP contribution in [0.4, 0.5) is 0 Å². The number of carboxylic acids is 1. The molecule has 5 nitrogen and oxygen atoms in total. The minimum Gasteiger partial charge on any atom is -0.481 e. The molecule has 0 aromatic rings. The average Bonchev–Trinajstić information content (AvgIpc) is 2.81. The second kappa shape index (κ2) is 5.49. The van der Waals surface area contributed by atoms with Gasteiger partial charge in [-0.05, 0) is 33.4 Å². The summed E-state index contributed by atoms with van der Waals surface area (Å²) in [5.74, 6) is -1.05. The molecule has 5 heteroatoms. The van der Waals surface area contributed by atoms with Crippen molar-refractivity contribution in [2.75, 3.05) is 27.2 Å². The van der Waals surface area contributed by atoms with Crippen LogP contribution in [0.1, 0.15) is 38.5 Å². The van der Waals surface area contributed by atoms with Crippen LogP contribution in [-0.4, -0.2) is 59.5 Å². The fraction of sp³-hybridized carbons (Fsp3) is 0.857. The molecule has 108 valence electrons. The highest BCUT2D eigenvalue weighted by atomic mass is 16.4. The highest BCUT2D eigenvalue weighted by molar-refractivity contribution is 5.80. The molecule has 0 aromatic heterocycles. The zero-order valence-electron chi connectivity index (χ0n) is 11.9. The minimum absolute atomic E-state index is 0.0516. The Morgan fingerprint density at radius 3 is 2.58 bits per heavy atom. The molecule has 2 fully saturated rings. The molecule has 0 aromatic carbocycles. The maximum atomic E-state index is 12.0. The number of piperidine rings is 1. The average molecular weight is 268 g/mol. The summed E-state index contributed by atoms with van der Waals surface area (Å²) in [6, 6.07) is 0. The summed E-state index contributed by atoms with van der Waals surface area (Å²) in [5.41, 5.74) is 0.0516. The predicted molar refractivity (Wildman–Crippen MR) is 71.8 cm³/mol. The lowest BCUT2D eigenvalue weighted by Crippen LogP contribution is -2.55. The van der Waals surface area contributed by atoms with Crippen molar-refractivity contribution in [3.63, 3.8) is 0 Å². The van der Waals surface area contributed by atoms with E-state index >= 15 is 0 Å². The molecule has 0 spiro atoms. The van der Waals surface area contributed by atoms with Crippen molar-refractivity contribution in [3.05, 3.63) is 0 Å². The Morgan fingerprint density at radius 2 is 2.05 bits per heavy atom. The van der Waals surface area contributed by atoms with Gasteiger partial charge in [0.25, 0.3) is 0 Å². The molecular formula is C14H24N2O3. The molecule has 1 N–H and O–H groups in total. The Kier molecular flexibility index (Phi) is 4.13. The van der Waals surface area contributed by atoms with E-state index in [0.29, 0.717) is 25.9 Å². The van der Waals surface area contributed by atoms with Crippen molar-refractivity contribution in [2.24, 2.45) is 5.92 Å². The van der Waals surface area contributed by atoms with Crippen LogP contribution in [0.2, 0.25) is 0 Å². The Hall–Kier alpha value is -1.10. The number of nitrogens with zero attached hydrogens (tertiary/aromatic N) is 2. The minimum atomic E-state index is -0.775. The number of likely N-dealkylation sites (N-methyl/N-ethyl adjacent to an activating group) is 1. The molecule has 1 saturated carbocycles. The summed E-state index contributed by atoms with van der Waals surface area (Å²) >= 11 is 0. The Bertz CT molecular complexity index is 362. The third-order valence-corrected chi connectivity index (χ3v) is 4.82. The Balaban J connectivity index is 2.07. The lowest BCUT2D eigenvalue weighted by atomic mass is 9.91. The molecule has 1 aliphatic heterocycles. The fourth-order valence-electron chi connectivity index (χ4n) is 3.40. The third kappa shape index (κ3) is 2.91. The van der Waals surface area contributed by atoms with Gasteiger partial charge in [0.2, 0.25) is 5.91 Å². The van der Waals surface area contributed by atoms with E-state index in [4.69, 9.17) is 5.11 Å². The molecule has 1 unspecified atom stereocenters. The number of hydrogen-bond donors (Lipinski definition) is 1. The number of aliphatic carboxylic acids is 1. The van der Waals surface area contributed by atoms with Crippen molar-refractivity contribution in [1.29, 1.82) is 0 Å². The zero-order valence-corrected chi connectivity index (χ0v) is 11.9. The Morgan fingerprint density at radius 1 is 1.42 bits per heavy atom. The number of likely N-dealkylation sites (tertiary alicyclic amines) is 1. The number of amides is 1. The summed E-state index contributed by atoms with van der Waals surface area (Å²) in [4.78, 5) is 27.1. The maximum absolute atomic E-state index is 12.0. The van der Waals surface area contributed by atoms with Gasteiger partial charge in [0.15, 0.2) is 0 Å². The van der Waals surface area contributed by atoms with Crippen LogP contribution in [0.5, 0.6) is 0 Å². The van der Waals surface area contributed by atoms with Gasteiger partial charge in [-0.1, -0.05) is 12.8 Å². The lowest BCUT2D eigenvalue weighted by molar-refractivity contribution is -0.148. The van der Waals surface area contributed by atoms with Gasteiger partial charge < -0.3 is 14.9 Å². The molecule has 2 rings (SSSR count). The smallest absolute Gasteiger partial charge is 0.308 e. The zero-order chi connectivity index (χ0) is 14.0. The molecule has 1 aliphatic carbocycles. The first-order valence-corrected chi connectivity index (χ1v) is 7.13. The van der Waals surface area contributed by atoms with E-state index in [-0.39, 0.29) is 11.4 Å². The van der Waals surface area contributed by atoms with Crippen molar-refractivity contribution in [1.82, 2.24) is 9.80 Å². The molecule has 2 aliphatic rings. The molecule has 1 saturated heterocycles. The van der Waals surface area contributed by atoms with E-state index in [1.54, 1.807) is 4.90 Å². The highest BCUT2D eigenvalue weighted by Gasteiger charge is 2.40. The number of hydrogen-bond acceptors (Lipinski definition) is 3. The number of rotatable bonds is 4. The lowest BCUT2D eigenvalue weighted by Gasteiger charge is -2.42. The predicted octanol–water partition coefficient (Wildman–Crippen LogP) is 1.18. The van der Waals surface area contributed by atoms with Gasteiger partial charge in [-0.3, -0.25) is 9.59 Å². The molecular weight excluding hydrogens is 244 g/mol. The van der Waals surface area contributed by atoms with Crippen molar-refractivity contribution < 1.29 is 14.7 Å². The molecule has 19 heavy (non-hydrogen) atoms. The summed E-state index contributed by atoms with van der Waals surface area (Å²) in [5, 5.41) is 9.13. The van der Waals surface area contributed by atoms with E-state index in [0.717, 1.165) is 12.8 Å². The molecule has 0 radical (unpaired) electrons. The van der Waals surface area contributed by atoms with Gasteiger partial charge in [-0.25, -0.2) is 0 Å². The van der Waals surface area contributed by atoms with Gasteiger partial charge in [-0.15, -0.1) is 0 Å². The monoisotopic (exact) mass is 268 g/mol. The highest BCUT2D eigenvalue weighted by Crippen LogP contribution is 2.35. The van der Waals surface area contributed by atoms with Crippen molar-refractivity contribution in [2.45, 2.75) is 44.1 Å². The normalized spacial score (nSPS) is 27.0. The maximum Gasteiger partial charge on any atom is 0.308 e. The second-order valence-corrected chi connectivity index (χ2v) is 6.17. The van der Waals surface area contributed by atoms with Crippen LogP contribution >= 0.6 is 0 Å². The van der Waals surface area contributed by atoms with E-state index in [1.165, 1.54) is 12.8 Å². The third-order valence-electron chi connectivity index (χ3n) is 4.82. The van der Waals surface area contributed by atoms with Gasteiger partial charge >= 0.3 is 5.97 Å². The van der Waals surface area contributed by atoms with Crippen LogP contribution in [0.25, 0.3) is 0 Å². The van der Waals surface area contributed by atoms with Crippen LogP contribution in [0.3, 0.4) is 0 Å². The Labute approximate surface area is 114 Å². The van der Waals surface area contributed by atoms with Crippen LogP contribution in [0.15, 0.2) is 0 Å². The summed E-state index contributed by atoms with van der Waals surface area (Å²) in [6.45, 7) is 1.06. The summed E-state index contributed by atoms with van der Waals surface area (Å²) in [7, 11) is 4.13. The fourth-order valence-corrected chi connectivity index (χ4v) is 3.40. The van der Waals surface area contributed by atoms with Gasteiger partial charge in [0.05, 0.1) is 5.92 Å². The quantitative estimate of drug-likeness (QED) is 0.832. The first-order valence-electron chi connectivity index (χ1n) is 7.13. The van der Waals surface area contributed by atoms with Gasteiger partial charge in [0.1, 0.15) is 0 Å². The topological polar surface area (TPSA) is 60.9 Å². The molecule has 0 bridgehead atoms. The summed E-state index contributed by atoms with van der Waals surface area (Å²) < 4.78 is 0. The summed E-state index contributed by atoms with van der Waals surface area (Å²) in [6.07, 6.45) is 5.45. The van der Waals surface area contributed by atoms with Crippen molar-refractivity contribution >= 4 is 11.9 Å². The first kappa shape index (κ1) is 14.3. The molecule has 1 heterocycles. The SMILES string of the molecule is CN(C)C1(CN2CC(C(=O)O)CCC2=O)CCCC1. The first-order chi connectivity index (χ1) is 8.94. The van der Waals surface area contributed by atoms with E-state index in [2.05, 4.69) is 19.0 Å². The largest absolute Gasteiger partial charge is 0.481 e. The number of carbonyl (C=O) groups is 2. The molecule has 1 atom stereocenters. The number of carbonyl (C=O) groups excluding carboxylic acids is 1. The standard InChI is InChI=1S/C14H24N2O3/c1-15(2)14(7-3-4-8-14)10-16-9-11(13(18)19)5-6-12(16)17/h11H,3-10H2,1-2H3,(H,18,19). The van der Waals surface area contributed by atoms with E-state index in [9.17, 15) is 9.59 Å². The van der Waals surface area contributed by atoms with Crippen LogP contribution < -0.4 is 0 Å². The second-order valence-electron chi connectivity index (χ2n) is 6.17.